The number of carbonyl (C=O) groups excluding carboxylic acids is 2. The van der Waals surface area contributed by atoms with Crippen LogP contribution >= 0.6 is 11.3 Å². The molecule has 0 bridgehead atoms. The third-order valence-corrected chi connectivity index (χ3v) is 7.36. The molecule has 0 aliphatic carbocycles. The monoisotopic (exact) mass is 476 g/mol. The summed E-state index contributed by atoms with van der Waals surface area (Å²) in [6, 6.07) is 15.5. The van der Waals surface area contributed by atoms with Crippen LogP contribution in [0, 0.1) is 12.8 Å². The molecule has 5 rings (SSSR count). The quantitative estimate of drug-likeness (QED) is 0.587. The fraction of sp³-hybridized carbons (Fsp3) is 0.346. The summed E-state index contributed by atoms with van der Waals surface area (Å²) in [5.74, 6) is 0.330. The first-order valence-electron chi connectivity index (χ1n) is 11.6. The van der Waals surface area contributed by atoms with Gasteiger partial charge in [-0.2, -0.15) is 0 Å². The van der Waals surface area contributed by atoms with Gasteiger partial charge in [-0.25, -0.2) is 4.98 Å². The van der Waals surface area contributed by atoms with Crippen molar-refractivity contribution in [3.05, 3.63) is 76.1 Å². The lowest BCUT2D eigenvalue weighted by Gasteiger charge is -2.28. The van der Waals surface area contributed by atoms with Crippen LogP contribution in [0.15, 0.2) is 60.1 Å². The summed E-state index contributed by atoms with van der Waals surface area (Å²) in [6.45, 7) is 5.49. The number of thiophene rings is 1. The third kappa shape index (κ3) is 4.69. The maximum atomic E-state index is 13.3. The van der Waals surface area contributed by atoms with Crippen molar-refractivity contribution >= 4 is 34.7 Å². The van der Waals surface area contributed by atoms with Gasteiger partial charge < -0.3 is 19.9 Å². The van der Waals surface area contributed by atoms with E-state index in [1.807, 2.05) is 60.8 Å². The summed E-state index contributed by atoms with van der Waals surface area (Å²) in [5.41, 5.74) is 2.88. The topological polar surface area (TPSA) is 74.8 Å². The molecule has 2 aromatic heterocycles. The SMILES string of the molecule is Cc1ccc(N2C(=O)C[C@H](C(=O)NCc3ccc(N4CCOCC4)nc3)[C@H]2c2cccs2)cc1. The fourth-order valence-corrected chi connectivity index (χ4v) is 5.47. The lowest BCUT2D eigenvalue weighted by Crippen LogP contribution is -2.36. The molecule has 176 valence electrons. The Morgan fingerprint density at radius 3 is 2.62 bits per heavy atom. The van der Waals surface area contributed by atoms with Crippen LogP contribution in [0.5, 0.6) is 0 Å². The van der Waals surface area contributed by atoms with Crippen molar-refractivity contribution in [2.24, 2.45) is 5.92 Å². The zero-order valence-corrected chi connectivity index (χ0v) is 20.0. The van der Waals surface area contributed by atoms with E-state index in [4.69, 9.17) is 4.74 Å². The van der Waals surface area contributed by atoms with Crippen molar-refractivity contribution < 1.29 is 14.3 Å². The number of aromatic nitrogens is 1. The number of morpholine rings is 1. The second kappa shape index (κ2) is 9.95. The number of pyridine rings is 1. The Labute approximate surface area is 203 Å². The molecule has 4 heterocycles. The van der Waals surface area contributed by atoms with E-state index in [1.165, 1.54) is 0 Å². The molecule has 0 radical (unpaired) electrons. The minimum atomic E-state index is -0.451. The summed E-state index contributed by atoms with van der Waals surface area (Å²) < 4.78 is 5.40. The van der Waals surface area contributed by atoms with Gasteiger partial charge in [0.1, 0.15) is 5.82 Å². The minimum Gasteiger partial charge on any atom is -0.378 e. The van der Waals surface area contributed by atoms with Crippen molar-refractivity contribution in [3.8, 4) is 0 Å². The molecule has 0 spiro atoms. The molecule has 0 saturated carbocycles. The summed E-state index contributed by atoms with van der Waals surface area (Å²) in [4.78, 5) is 35.9. The van der Waals surface area contributed by atoms with Gasteiger partial charge >= 0.3 is 0 Å². The predicted molar refractivity (Wildman–Crippen MR) is 133 cm³/mol. The van der Waals surface area contributed by atoms with Gasteiger partial charge in [-0.15, -0.1) is 11.3 Å². The average molecular weight is 477 g/mol. The van der Waals surface area contributed by atoms with E-state index in [0.29, 0.717) is 19.8 Å². The molecule has 8 heteroatoms. The summed E-state index contributed by atoms with van der Waals surface area (Å²) >= 11 is 1.58. The van der Waals surface area contributed by atoms with Gasteiger partial charge in [-0.1, -0.05) is 29.8 Å². The van der Waals surface area contributed by atoms with Gasteiger partial charge in [0.05, 0.1) is 25.2 Å². The fourth-order valence-electron chi connectivity index (χ4n) is 4.59. The van der Waals surface area contributed by atoms with Crippen LogP contribution < -0.4 is 15.1 Å². The van der Waals surface area contributed by atoms with Crippen molar-refractivity contribution in [3.63, 3.8) is 0 Å². The molecule has 2 fully saturated rings. The van der Waals surface area contributed by atoms with Crippen LogP contribution in [0.1, 0.15) is 28.5 Å². The van der Waals surface area contributed by atoms with Crippen LogP contribution in [0.2, 0.25) is 0 Å². The maximum Gasteiger partial charge on any atom is 0.228 e. The molecular formula is C26H28N4O3S. The smallest absolute Gasteiger partial charge is 0.228 e. The van der Waals surface area contributed by atoms with Crippen molar-refractivity contribution in [1.29, 1.82) is 0 Å². The largest absolute Gasteiger partial charge is 0.378 e. The Kier molecular flexibility index (Phi) is 6.60. The molecule has 2 saturated heterocycles. The van der Waals surface area contributed by atoms with E-state index in [0.717, 1.165) is 40.6 Å². The lowest BCUT2D eigenvalue weighted by atomic mass is 9.97. The molecule has 34 heavy (non-hydrogen) atoms. The highest BCUT2D eigenvalue weighted by Crippen LogP contribution is 2.43. The molecule has 2 aliphatic rings. The number of rotatable bonds is 6. The highest BCUT2D eigenvalue weighted by Gasteiger charge is 2.45. The normalized spacial score (nSPS) is 20.6. The molecule has 0 unspecified atom stereocenters. The van der Waals surface area contributed by atoms with Crippen molar-refractivity contribution in [2.75, 3.05) is 36.1 Å². The number of benzene rings is 1. The van der Waals surface area contributed by atoms with E-state index in [-0.39, 0.29) is 24.3 Å². The van der Waals surface area contributed by atoms with Crippen LogP contribution in [-0.4, -0.2) is 43.1 Å². The third-order valence-electron chi connectivity index (χ3n) is 6.42. The number of anilines is 2. The molecule has 1 aromatic carbocycles. The standard InChI is InChI=1S/C26H28N4O3S/c1-18-4-7-20(8-5-18)30-24(31)15-21(25(30)22-3-2-14-34-22)26(32)28-17-19-6-9-23(27-16-19)29-10-12-33-13-11-29/h2-9,14,16,21,25H,10-13,15,17H2,1H3,(H,28,32)/t21-,25-/m0/s1. The Balaban J connectivity index is 1.29. The van der Waals surface area contributed by atoms with E-state index < -0.39 is 5.92 Å². The summed E-state index contributed by atoms with van der Waals surface area (Å²) in [5, 5.41) is 5.03. The van der Waals surface area contributed by atoms with Crippen LogP contribution in [0.3, 0.4) is 0 Å². The second-order valence-corrected chi connectivity index (χ2v) is 9.69. The molecule has 7 nitrogen and oxygen atoms in total. The van der Waals surface area contributed by atoms with Crippen LogP contribution in [-0.2, 0) is 20.9 Å². The Bertz CT molecular complexity index is 1130. The summed E-state index contributed by atoms with van der Waals surface area (Å²) in [7, 11) is 0. The number of nitrogens with zero attached hydrogens (tertiary/aromatic N) is 3. The first-order valence-corrected chi connectivity index (χ1v) is 12.5. The second-order valence-electron chi connectivity index (χ2n) is 8.71. The number of amides is 2. The van der Waals surface area contributed by atoms with Gasteiger partial charge in [0.25, 0.3) is 0 Å². The van der Waals surface area contributed by atoms with Gasteiger partial charge in [0.2, 0.25) is 11.8 Å². The van der Waals surface area contributed by atoms with Gasteiger partial charge in [-0.05, 0) is 42.1 Å². The number of hydrogen-bond donors (Lipinski definition) is 1. The predicted octanol–water partition coefficient (Wildman–Crippen LogP) is 3.70. The number of ether oxygens (including phenoxy) is 1. The van der Waals surface area contributed by atoms with Crippen LogP contribution in [0.25, 0.3) is 0 Å². The van der Waals surface area contributed by atoms with E-state index in [1.54, 1.807) is 22.4 Å². The van der Waals surface area contributed by atoms with E-state index in [9.17, 15) is 9.59 Å². The average Bonchev–Trinajstić information content (AvgIpc) is 3.52. The molecule has 2 amide bonds. The number of hydrogen-bond acceptors (Lipinski definition) is 6. The first kappa shape index (κ1) is 22.6. The maximum absolute atomic E-state index is 13.3. The van der Waals surface area contributed by atoms with E-state index >= 15 is 0 Å². The molecule has 2 aliphatic heterocycles. The zero-order chi connectivity index (χ0) is 23.5. The highest BCUT2D eigenvalue weighted by atomic mass is 32.1. The van der Waals surface area contributed by atoms with E-state index in [2.05, 4.69) is 15.2 Å². The number of carbonyl (C=O) groups is 2. The number of aryl methyl sites for hydroxylation is 1. The molecule has 2 atom stereocenters. The first-order chi connectivity index (χ1) is 16.6. The van der Waals surface area contributed by atoms with Gasteiger partial charge in [0, 0.05) is 42.8 Å². The van der Waals surface area contributed by atoms with Gasteiger partial charge in [0.15, 0.2) is 0 Å². The Morgan fingerprint density at radius 2 is 1.94 bits per heavy atom. The summed E-state index contributed by atoms with van der Waals surface area (Å²) in [6.07, 6.45) is 2.00. The Hall–Kier alpha value is -3.23. The number of nitrogens with one attached hydrogen (secondary N) is 1. The highest BCUT2D eigenvalue weighted by molar-refractivity contribution is 7.10. The minimum absolute atomic E-state index is 0.0288. The van der Waals surface area contributed by atoms with Crippen LogP contribution in [0.4, 0.5) is 11.5 Å². The molecular weight excluding hydrogens is 448 g/mol. The molecule has 1 N–H and O–H groups in total. The van der Waals surface area contributed by atoms with Crippen molar-refractivity contribution in [2.45, 2.75) is 25.9 Å². The molecule has 3 aromatic rings. The Morgan fingerprint density at radius 1 is 1.15 bits per heavy atom. The van der Waals surface area contributed by atoms with Gasteiger partial charge in [-0.3, -0.25) is 9.59 Å². The van der Waals surface area contributed by atoms with Crippen molar-refractivity contribution in [1.82, 2.24) is 10.3 Å². The zero-order valence-electron chi connectivity index (χ0n) is 19.1. The lowest BCUT2D eigenvalue weighted by molar-refractivity contribution is -0.126.